The zero-order valence-corrected chi connectivity index (χ0v) is 13.9. The second-order valence-electron chi connectivity index (χ2n) is 6.50. The number of hydrogen-bond donors (Lipinski definition) is 0. The molecule has 0 saturated carbocycles. The highest BCUT2D eigenvalue weighted by Gasteiger charge is 2.35. The lowest BCUT2D eigenvalue weighted by Gasteiger charge is -2.38. The number of hydrogen-bond acceptors (Lipinski definition) is 3. The molecule has 4 nitrogen and oxygen atoms in total. The van der Waals surface area contributed by atoms with Crippen molar-refractivity contribution in [3.05, 3.63) is 72.4 Å². The molecule has 0 unspecified atom stereocenters. The maximum Gasteiger partial charge on any atom is 0.158 e. The zero-order valence-electron chi connectivity index (χ0n) is 13.9. The maximum absolute atomic E-state index is 13.9. The fourth-order valence-corrected chi connectivity index (χ4v) is 3.61. The van der Waals surface area contributed by atoms with Crippen molar-refractivity contribution in [2.45, 2.75) is 24.8 Å². The number of halogens is 1. The summed E-state index contributed by atoms with van der Waals surface area (Å²) in [4.78, 5) is 8.91. The molecule has 1 aliphatic heterocycles. The third-order valence-corrected chi connectivity index (χ3v) is 4.97. The van der Waals surface area contributed by atoms with Crippen molar-refractivity contribution in [2.75, 3.05) is 13.2 Å². The van der Waals surface area contributed by atoms with E-state index in [1.165, 1.54) is 6.07 Å². The Morgan fingerprint density at radius 1 is 1.04 bits per heavy atom. The average molecular weight is 337 g/mol. The zero-order chi connectivity index (χ0) is 17.1. The summed E-state index contributed by atoms with van der Waals surface area (Å²) in [6.45, 7) is 2.10. The molecule has 128 valence electrons. The van der Waals surface area contributed by atoms with Crippen LogP contribution in [0.5, 0.6) is 0 Å². The van der Waals surface area contributed by atoms with E-state index in [0.717, 1.165) is 36.5 Å². The lowest BCUT2D eigenvalue weighted by molar-refractivity contribution is 0.0435. The van der Waals surface area contributed by atoms with Crippen LogP contribution in [0.4, 0.5) is 4.39 Å². The highest BCUT2D eigenvalue weighted by atomic mass is 19.1. The maximum atomic E-state index is 13.9. The van der Waals surface area contributed by atoms with Gasteiger partial charge in [0.05, 0.1) is 0 Å². The van der Waals surface area contributed by atoms with Gasteiger partial charge in [-0.1, -0.05) is 18.2 Å². The van der Waals surface area contributed by atoms with Crippen LogP contribution >= 0.6 is 0 Å². The molecule has 3 heterocycles. The topological polar surface area (TPSA) is 39.9 Å². The summed E-state index contributed by atoms with van der Waals surface area (Å²) in [6.07, 6.45) is 7.25. The summed E-state index contributed by atoms with van der Waals surface area (Å²) < 4.78 is 21.6. The molecule has 0 atom stereocenters. The first-order chi connectivity index (χ1) is 12.3. The van der Waals surface area contributed by atoms with Crippen LogP contribution in [0.2, 0.25) is 0 Å². The Labute approximate surface area is 146 Å². The second-order valence-corrected chi connectivity index (χ2v) is 6.50. The smallest absolute Gasteiger partial charge is 0.158 e. The molecule has 0 bridgehead atoms. The normalized spacial score (nSPS) is 16.7. The second kappa shape index (κ2) is 6.76. The molecular formula is C20H20FN3O. The molecule has 25 heavy (non-hydrogen) atoms. The van der Waals surface area contributed by atoms with Crippen LogP contribution in [0.3, 0.4) is 0 Å². The van der Waals surface area contributed by atoms with Gasteiger partial charge in [0.1, 0.15) is 11.5 Å². The number of pyridine rings is 1. The van der Waals surface area contributed by atoms with E-state index in [9.17, 15) is 4.39 Å². The summed E-state index contributed by atoms with van der Waals surface area (Å²) in [5.74, 6) is 0.641. The van der Waals surface area contributed by atoms with Crippen molar-refractivity contribution in [1.29, 1.82) is 0 Å². The molecule has 3 aromatic rings. The van der Waals surface area contributed by atoms with E-state index in [-0.39, 0.29) is 11.2 Å². The van der Waals surface area contributed by atoms with Crippen molar-refractivity contribution in [3.8, 4) is 11.5 Å². The predicted molar refractivity (Wildman–Crippen MR) is 93.6 cm³/mol. The molecule has 1 aromatic carbocycles. The summed E-state index contributed by atoms with van der Waals surface area (Å²) in [7, 11) is 0. The monoisotopic (exact) mass is 337 g/mol. The number of benzene rings is 1. The molecule has 1 fully saturated rings. The Morgan fingerprint density at radius 3 is 2.68 bits per heavy atom. The average Bonchev–Trinajstić information content (AvgIpc) is 3.11. The number of imidazole rings is 1. The van der Waals surface area contributed by atoms with Gasteiger partial charge in [-0.3, -0.25) is 4.98 Å². The molecular weight excluding hydrogens is 317 g/mol. The highest BCUT2D eigenvalue weighted by molar-refractivity contribution is 5.49. The number of nitrogens with zero attached hydrogens (tertiary/aromatic N) is 3. The minimum absolute atomic E-state index is 0.162. The summed E-state index contributed by atoms with van der Waals surface area (Å²) >= 11 is 0. The molecule has 0 N–H and O–H groups in total. The van der Waals surface area contributed by atoms with Gasteiger partial charge >= 0.3 is 0 Å². The van der Waals surface area contributed by atoms with Crippen molar-refractivity contribution in [2.24, 2.45) is 0 Å². The van der Waals surface area contributed by atoms with E-state index < -0.39 is 0 Å². The van der Waals surface area contributed by atoms with Crippen molar-refractivity contribution >= 4 is 0 Å². The minimum Gasteiger partial charge on any atom is -0.381 e. The predicted octanol–water partition coefficient (Wildman–Crippen LogP) is 3.83. The first-order valence-corrected chi connectivity index (χ1v) is 8.53. The quantitative estimate of drug-likeness (QED) is 0.726. The van der Waals surface area contributed by atoms with Gasteiger partial charge in [-0.15, -0.1) is 0 Å². The molecule has 1 aliphatic rings. The Hall–Kier alpha value is -2.53. The Balaban J connectivity index is 1.73. The van der Waals surface area contributed by atoms with Gasteiger partial charge in [0.15, 0.2) is 5.82 Å². The van der Waals surface area contributed by atoms with Crippen molar-refractivity contribution in [3.63, 3.8) is 0 Å². The van der Waals surface area contributed by atoms with Crippen LogP contribution < -0.4 is 0 Å². The van der Waals surface area contributed by atoms with E-state index in [4.69, 9.17) is 4.74 Å². The molecule has 4 rings (SSSR count). The van der Waals surface area contributed by atoms with Gasteiger partial charge in [0.25, 0.3) is 0 Å². The Morgan fingerprint density at radius 2 is 1.92 bits per heavy atom. The van der Waals surface area contributed by atoms with Gasteiger partial charge in [-0.25, -0.2) is 9.37 Å². The van der Waals surface area contributed by atoms with E-state index >= 15 is 0 Å². The molecule has 0 aliphatic carbocycles. The number of rotatable bonds is 4. The lowest BCUT2D eigenvalue weighted by atomic mass is 9.74. The third-order valence-electron chi connectivity index (χ3n) is 4.97. The largest absolute Gasteiger partial charge is 0.381 e. The van der Waals surface area contributed by atoms with Crippen LogP contribution in [0, 0.1) is 5.82 Å². The van der Waals surface area contributed by atoms with E-state index in [1.54, 1.807) is 24.5 Å². The molecule has 2 aromatic heterocycles. The summed E-state index contributed by atoms with van der Waals surface area (Å²) in [6, 6.07) is 12.8. The van der Waals surface area contributed by atoms with Crippen LogP contribution in [-0.2, 0) is 16.7 Å². The fraction of sp³-hybridized carbons (Fsp3) is 0.300. The standard InChI is InChI=1S/C20H20FN3O/c21-17-5-3-4-16(14-17)20(7-12-25-13-8-20)15-24-11-10-23-19(24)18-6-1-2-9-22-18/h1-6,9-11,14H,7-8,12-13,15H2. The minimum atomic E-state index is -0.195. The van der Waals surface area contributed by atoms with Gasteiger partial charge in [0.2, 0.25) is 0 Å². The highest BCUT2D eigenvalue weighted by Crippen LogP contribution is 2.37. The summed E-state index contributed by atoms with van der Waals surface area (Å²) in [5.41, 5.74) is 1.70. The SMILES string of the molecule is Fc1cccc(C2(Cn3ccnc3-c3ccccn3)CCOCC2)c1. The lowest BCUT2D eigenvalue weighted by Crippen LogP contribution is -2.38. The molecule has 0 spiro atoms. The Bertz CT molecular complexity index is 841. The van der Waals surface area contributed by atoms with Crippen molar-refractivity contribution < 1.29 is 9.13 Å². The number of aromatic nitrogens is 3. The third kappa shape index (κ3) is 3.20. The molecule has 1 saturated heterocycles. The molecule has 0 amide bonds. The van der Waals surface area contributed by atoms with Crippen LogP contribution in [0.1, 0.15) is 18.4 Å². The first kappa shape index (κ1) is 16.0. The van der Waals surface area contributed by atoms with E-state index in [2.05, 4.69) is 14.5 Å². The Kier molecular flexibility index (Phi) is 4.32. The summed E-state index contributed by atoms with van der Waals surface area (Å²) in [5, 5.41) is 0. The van der Waals surface area contributed by atoms with Crippen LogP contribution in [0.25, 0.3) is 11.5 Å². The van der Waals surface area contributed by atoms with Gasteiger partial charge < -0.3 is 9.30 Å². The van der Waals surface area contributed by atoms with E-state index in [0.29, 0.717) is 13.2 Å². The van der Waals surface area contributed by atoms with Crippen LogP contribution in [-0.4, -0.2) is 27.7 Å². The molecule has 5 heteroatoms. The van der Waals surface area contributed by atoms with Gasteiger partial charge in [-0.2, -0.15) is 0 Å². The van der Waals surface area contributed by atoms with E-state index in [1.807, 2.05) is 30.5 Å². The first-order valence-electron chi connectivity index (χ1n) is 8.53. The molecule has 0 radical (unpaired) electrons. The van der Waals surface area contributed by atoms with Crippen molar-refractivity contribution in [1.82, 2.24) is 14.5 Å². The van der Waals surface area contributed by atoms with Gasteiger partial charge in [0, 0.05) is 43.8 Å². The van der Waals surface area contributed by atoms with Crippen LogP contribution in [0.15, 0.2) is 61.1 Å². The fourth-order valence-electron chi connectivity index (χ4n) is 3.61. The van der Waals surface area contributed by atoms with Gasteiger partial charge in [-0.05, 0) is 42.7 Å². The number of ether oxygens (including phenoxy) is 1.